The fourth-order valence-corrected chi connectivity index (χ4v) is 4.20. The normalized spacial score (nSPS) is 11.2. The average Bonchev–Trinajstić information content (AvgIpc) is 3.24. The molecule has 4 aromatic rings. The average molecular weight is 465 g/mol. The predicted molar refractivity (Wildman–Crippen MR) is 124 cm³/mol. The number of amides is 1. The Kier molecular flexibility index (Phi) is 5.77. The molecular formula is C24H25BrN4O. The molecule has 0 bridgehead atoms. The Labute approximate surface area is 184 Å². The van der Waals surface area contributed by atoms with Gasteiger partial charge in [0.1, 0.15) is 0 Å². The van der Waals surface area contributed by atoms with E-state index in [0.29, 0.717) is 12.1 Å². The van der Waals surface area contributed by atoms with Crippen molar-refractivity contribution in [3.63, 3.8) is 0 Å². The summed E-state index contributed by atoms with van der Waals surface area (Å²) in [4.78, 5) is 12.8. The number of nitrogens with zero attached hydrogens (tertiary/aromatic N) is 3. The molecule has 5 nitrogen and oxygen atoms in total. The summed E-state index contributed by atoms with van der Waals surface area (Å²) in [6, 6.07) is 16.4. The van der Waals surface area contributed by atoms with E-state index in [-0.39, 0.29) is 5.91 Å². The van der Waals surface area contributed by atoms with E-state index >= 15 is 0 Å². The third-order valence-electron chi connectivity index (χ3n) is 5.61. The summed E-state index contributed by atoms with van der Waals surface area (Å²) in [5.74, 6) is -0.0947. The molecule has 2 aromatic heterocycles. The number of fused-ring (bicyclic) bond motifs is 1. The van der Waals surface area contributed by atoms with E-state index in [2.05, 4.69) is 75.1 Å². The van der Waals surface area contributed by atoms with Gasteiger partial charge in [0.2, 0.25) is 0 Å². The van der Waals surface area contributed by atoms with E-state index in [1.165, 1.54) is 16.8 Å². The topological polar surface area (TPSA) is 51.9 Å². The third kappa shape index (κ3) is 3.92. The highest BCUT2D eigenvalue weighted by molar-refractivity contribution is 9.10. The van der Waals surface area contributed by atoms with Crippen molar-refractivity contribution in [1.29, 1.82) is 0 Å². The smallest absolute Gasteiger partial charge is 0.251 e. The quantitative estimate of drug-likeness (QED) is 0.425. The van der Waals surface area contributed by atoms with Gasteiger partial charge in [-0.1, -0.05) is 30.3 Å². The minimum Gasteiger partial charge on any atom is -0.346 e. The molecule has 0 saturated carbocycles. The van der Waals surface area contributed by atoms with Gasteiger partial charge in [0.25, 0.3) is 5.91 Å². The highest BCUT2D eigenvalue weighted by atomic mass is 79.9. The van der Waals surface area contributed by atoms with Gasteiger partial charge in [-0.3, -0.25) is 9.48 Å². The van der Waals surface area contributed by atoms with Gasteiger partial charge in [-0.05, 0) is 66.0 Å². The van der Waals surface area contributed by atoms with Gasteiger partial charge < -0.3 is 9.88 Å². The number of nitrogens with one attached hydrogen (secondary N) is 1. The number of carbonyl (C=O) groups excluding carboxylic acids is 1. The summed E-state index contributed by atoms with van der Waals surface area (Å²) >= 11 is 3.51. The first kappa shape index (κ1) is 20.4. The van der Waals surface area contributed by atoms with Crippen LogP contribution in [-0.2, 0) is 19.6 Å². The fraction of sp³-hybridized carbons (Fsp3) is 0.250. The van der Waals surface area contributed by atoms with E-state index < -0.39 is 0 Å². The van der Waals surface area contributed by atoms with Crippen LogP contribution >= 0.6 is 15.9 Å². The Morgan fingerprint density at radius 2 is 1.90 bits per heavy atom. The monoisotopic (exact) mass is 464 g/mol. The maximum Gasteiger partial charge on any atom is 0.251 e. The SMILES string of the molecule is CCn1cc(Br)c(CNC(=O)c2ccc3c(c2)c(C)c(C)n3Cc2ccccc2)n1. The molecular weight excluding hydrogens is 440 g/mol. The van der Waals surface area contributed by atoms with Crippen molar-refractivity contribution in [2.75, 3.05) is 0 Å². The summed E-state index contributed by atoms with van der Waals surface area (Å²) < 4.78 is 5.07. The zero-order valence-corrected chi connectivity index (χ0v) is 19.0. The summed E-state index contributed by atoms with van der Waals surface area (Å²) in [5.41, 5.74) is 6.33. The van der Waals surface area contributed by atoms with Crippen molar-refractivity contribution in [1.82, 2.24) is 19.7 Å². The first-order chi connectivity index (χ1) is 14.5. The first-order valence-corrected chi connectivity index (χ1v) is 10.9. The second-order valence-electron chi connectivity index (χ2n) is 7.48. The van der Waals surface area contributed by atoms with Crippen LogP contribution in [0, 0.1) is 13.8 Å². The molecule has 0 aliphatic heterocycles. The molecule has 0 fully saturated rings. The van der Waals surface area contributed by atoms with E-state index in [9.17, 15) is 4.79 Å². The van der Waals surface area contributed by atoms with Crippen LogP contribution in [0.3, 0.4) is 0 Å². The molecule has 0 aliphatic carbocycles. The van der Waals surface area contributed by atoms with Gasteiger partial charge >= 0.3 is 0 Å². The van der Waals surface area contributed by atoms with Gasteiger partial charge in [0.15, 0.2) is 0 Å². The van der Waals surface area contributed by atoms with Crippen LogP contribution in [0.15, 0.2) is 59.2 Å². The number of hydrogen-bond acceptors (Lipinski definition) is 2. The highest BCUT2D eigenvalue weighted by Crippen LogP contribution is 2.27. The minimum atomic E-state index is -0.0947. The second-order valence-corrected chi connectivity index (χ2v) is 8.33. The zero-order chi connectivity index (χ0) is 21.3. The molecule has 2 heterocycles. The van der Waals surface area contributed by atoms with E-state index in [1.54, 1.807) is 0 Å². The molecule has 30 heavy (non-hydrogen) atoms. The zero-order valence-electron chi connectivity index (χ0n) is 17.4. The molecule has 0 radical (unpaired) electrons. The van der Waals surface area contributed by atoms with Crippen LogP contribution in [0.1, 0.15) is 39.8 Å². The molecule has 6 heteroatoms. The van der Waals surface area contributed by atoms with Crippen LogP contribution in [-0.4, -0.2) is 20.3 Å². The summed E-state index contributed by atoms with van der Waals surface area (Å²) in [5, 5.41) is 8.57. The number of halogens is 1. The van der Waals surface area contributed by atoms with E-state index in [1.807, 2.05) is 36.0 Å². The molecule has 0 saturated heterocycles. The van der Waals surface area contributed by atoms with Crippen molar-refractivity contribution in [2.24, 2.45) is 0 Å². The van der Waals surface area contributed by atoms with Crippen molar-refractivity contribution >= 4 is 32.7 Å². The van der Waals surface area contributed by atoms with Crippen LogP contribution in [0.2, 0.25) is 0 Å². The number of aryl methyl sites for hydroxylation is 2. The van der Waals surface area contributed by atoms with Crippen molar-refractivity contribution in [2.45, 2.75) is 40.4 Å². The van der Waals surface area contributed by atoms with Crippen molar-refractivity contribution in [3.05, 3.63) is 87.3 Å². The Hall–Kier alpha value is -2.86. The number of benzene rings is 2. The summed E-state index contributed by atoms with van der Waals surface area (Å²) in [6.45, 7) is 8.29. The Bertz CT molecular complexity index is 1210. The number of carbonyl (C=O) groups is 1. The maximum atomic E-state index is 12.8. The second kappa shape index (κ2) is 8.48. The number of aromatic nitrogens is 3. The van der Waals surface area contributed by atoms with Crippen molar-refractivity contribution in [3.8, 4) is 0 Å². The van der Waals surface area contributed by atoms with E-state index in [0.717, 1.165) is 34.2 Å². The minimum absolute atomic E-state index is 0.0947. The first-order valence-electron chi connectivity index (χ1n) is 10.1. The Balaban J connectivity index is 1.57. The lowest BCUT2D eigenvalue weighted by molar-refractivity contribution is 0.0950. The van der Waals surface area contributed by atoms with Gasteiger partial charge in [-0.2, -0.15) is 5.10 Å². The van der Waals surface area contributed by atoms with Crippen LogP contribution in [0.25, 0.3) is 10.9 Å². The van der Waals surface area contributed by atoms with Gasteiger partial charge in [0, 0.05) is 41.4 Å². The Morgan fingerprint density at radius 1 is 1.13 bits per heavy atom. The third-order valence-corrected chi connectivity index (χ3v) is 6.27. The maximum absolute atomic E-state index is 12.8. The van der Waals surface area contributed by atoms with Gasteiger partial charge in [0.05, 0.1) is 16.7 Å². The molecule has 0 unspecified atom stereocenters. The van der Waals surface area contributed by atoms with Crippen molar-refractivity contribution < 1.29 is 4.79 Å². The molecule has 0 aliphatic rings. The molecule has 154 valence electrons. The predicted octanol–water partition coefficient (Wildman–Crippen LogP) is 5.22. The summed E-state index contributed by atoms with van der Waals surface area (Å²) in [7, 11) is 0. The lowest BCUT2D eigenvalue weighted by Gasteiger charge is -2.09. The fourth-order valence-electron chi connectivity index (χ4n) is 3.75. The lowest BCUT2D eigenvalue weighted by atomic mass is 10.1. The molecule has 0 spiro atoms. The largest absolute Gasteiger partial charge is 0.346 e. The molecule has 1 N–H and O–H groups in total. The molecule has 2 aromatic carbocycles. The molecule has 0 atom stereocenters. The lowest BCUT2D eigenvalue weighted by Crippen LogP contribution is -2.23. The van der Waals surface area contributed by atoms with E-state index in [4.69, 9.17) is 0 Å². The Morgan fingerprint density at radius 3 is 2.60 bits per heavy atom. The summed E-state index contributed by atoms with van der Waals surface area (Å²) in [6.07, 6.45) is 1.93. The van der Waals surface area contributed by atoms with Crippen LogP contribution in [0.5, 0.6) is 0 Å². The van der Waals surface area contributed by atoms with Gasteiger partial charge in [-0.15, -0.1) is 0 Å². The molecule has 4 rings (SSSR count). The van der Waals surface area contributed by atoms with Gasteiger partial charge in [-0.25, -0.2) is 0 Å². The standard InChI is InChI=1S/C24H25BrN4O/c1-4-28-15-21(25)22(27-28)13-26-24(30)19-10-11-23-20(12-19)16(2)17(3)29(23)14-18-8-6-5-7-9-18/h5-12,15H,4,13-14H2,1-3H3,(H,26,30). The van der Waals surface area contributed by atoms with Crippen LogP contribution in [0.4, 0.5) is 0 Å². The molecule has 1 amide bonds. The number of rotatable bonds is 6. The number of hydrogen-bond donors (Lipinski definition) is 1. The highest BCUT2D eigenvalue weighted by Gasteiger charge is 2.15. The van der Waals surface area contributed by atoms with Crippen LogP contribution < -0.4 is 5.32 Å².